The van der Waals surface area contributed by atoms with Gasteiger partial charge in [-0.3, -0.25) is 14.2 Å². The van der Waals surface area contributed by atoms with Crippen molar-refractivity contribution in [3.8, 4) is 0 Å². The maximum Gasteiger partial charge on any atom is 0.232 e. The number of hydrogen-bond donors (Lipinski definition) is 0. The van der Waals surface area contributed by atoms with Gasteiger partial charge in [-0.25, -0.2) is 0 Å². The average Bonchev–Trinajstić information content (AvgIpc) is 2.93. The van der Waals surface area contributed by atoms with Gasteiger partial charge >= 0.3 is 0 Å². The quantitative estimate of drug-likeness (QED) is 0.873. The minimum Gasteiger partial charge on any atom is -0.357 e. The number of hydrogen-bond acceptors (Lipinski definition) is 3. The molecule has 4 heteroatoms. The van der Waals surface area contributed by atoms with E-state index >= 15 is 0 Å². The summed E-state index contributed by atoms with van der Waals surface area (Å²) in [5.41, 5.74) is 1.58. The third-order valence-electron chi connectivity index (χ3n) is 3.96. The molecule has 0 saturated heterocycles. The topological polar surface area (TPSA) is 42.3 Å². The standard InChI is InChI=1S/C18H18N2O2/c1-13(21)16-12-19(2)9-7-15(16)11-18(22)20-10-8-14-5-3-4-6-17(14)20/h3-10,12,15H,11H2,1-2H3. The van der Waals surface area contributed by atoms with E-state index in [1.54, 1.807) is 23.9 Å². The number of ketones is 1. The number of nitrogens with zero attached hydrogens (tertiary/aromatic N) is 2. The molecule has 4 nitrogen and oxygen atoms in total. The molecule has 0 bridgehead atoms. The fourth-order valence-electron chi connectivity index (χ4n) is 2.82. The van der Waals surface area contributed by atoms with Crippen LogP contribution in [0, 0.1) is 5.92 Å². The fraction of sp³-hybridized carbons (Fsp3) is 0.222. The maximum absolute atomic E-state index is 12.6. The van der Waals surface area contributed by atoms with Gasteiger partial charge < -0.3 is 4.90 Å². The Labute approximate surface area is 129 Å². The van der Waals surface area contributed by atoms with Crippen LogP contribution in [0.2, 0.25) is 0 Å². The van der Waals surface area contributed by atoms with E-state index < -0.39 is 0 Å². The van der Waals surface area contributed by atoms with E-state index in [0.717, 1.165) is 10.9 Å². The molecule has 2 aromatic rings. The van der Waals surface area contributed by atoms with E-state index in [1.165, 1.54) is 0 Å². The number of para-hydroxylation sites is 1. The maximum atomic E-state index is 12.6. The second-order valence-electron chi connectivity index (χ2n) is 5.60. The van der Waals surface area contributed by atoms with Gasteiger partial charge in [0.25, 0.3) is 0 Å². The predicted molar refractivity (Wildman–Crippen MR) is 86.3 cm³/mol. The van der Waals surface area contributed by atoms with Gasteiger partial charge in [0.15, 0.2) is 5.78 Å². The lowest BCUT2D eigenvalue weighted by molar-refractivity contribution is -0.114. The molecule has 0 aliphatic carbocycles. The first-order valence-electron chi connectivity index (χ1n) is 7.28. The molecular formula is C18H18N2O2. The Kier molecular flexibility index (Phi) is 3.67. The highest BCUT2D eigenvalue weighted by Crippen LogP contribution is 2.25. The SMILES string of the molecule is CC(=O)C1=CN(C)C=CC1CC(=O)n1ccc2ccccc21. The molecule has 0 N–H and O–H groups in total. The number of Topliss-reactive ketones (excluding diaryl/α,β-unsaturated/α-hetero) is 1. The van der Waals surface area contributed by atoms with Crippen molar-refractivity contribution in [3.05, 3.63) is 60.6 Å². The Balaban J connectivity index is 1.86. The zero-order valence-electron chi connectivity index (χ0n) is 12.7. The molecule has 1 atom stereocenters. The number of benzene rings is 1. The summed E-state index contributed by atoms with van der Waals surface area (Å²) in [5.74, 6) is -0.165. The lowest BCUT2D eigenvalue weighted by atomic mass is 9.91. The van der Waals surface area contributed by atoms with Crippen molar-refractivity contribution in [1.29, 1.82) is 0 Å². The van der Waals surface area contributed by atoms with E-state index in [9.17, 15) is 9.59 Å². The highest BCUT2D eigenvalue weighted by molar-refractivity contribution is 5.97. The van der Waals surface area contributed by atoms with Crippen LogP contribution < -0.4 is 0 Å². The monoisotopic (exact) mass is 294 g/mol. The first-order valence-corrected chi connectivity index (χ1v) is 7.28. The van der Waals surface area contributed by atoms with E-state index in [2.05, 4.69) is 0 Å². The molecule has 0 saturated carbocycles. The molecule has 22 heavy (non-hydrogen) atoms. The Morgan fingerprint density at radius 3 is 2.73 bits per heavy atom. The molecule has 112 valence electrons. The van der Waals surface area contributed by atoms with E-state index in [0.29, 0.717) is 5.57 Å². The van der Waals surface area contributed by atoms with Gasteiger partial charge in [-0.15, -0.1) is 0 Å². The summed E-state index contributed by atoms with van der Waals surface area (Å²) in [6, 6.07) is 9.71. The average molecular weight is 294 g/mol. The minimum absolute atomic E-state index is 0.00589. The molecule has 1 unspecified atom stereocenters. The molecular weight excluding hydrogens is 276 g/mol. The third kappa shape index (κ3) is 2.60. The summed E-state index contributed by atoms with van der Waals surface area (Å²) in [4.78, 5) is 26.2. The van der Waals surface area contributed by atoms with Crippen molar-refractivity contribution in [2.75, 3.05) is 7.05 Å². The Bertz CT molecular complexity index is 798. The van der Waals surface area contributed by atoms with Crippen molar-refractivity contribution in [2.45, 2.75) is 13.3 Å². The summed E-state index contributed by atoms with van der Waals surface area (Å²) in [7, 11) is 1.87. The van der Waals surface area contributed by atoms with Crippen molar-refractivity contribution >= 4 is 22.6 Å². The Morgan fingerprint density at radius 2 is 1.95 bits per heavy atom. The van der Waals surface area contributed by atoms with Gasteiger partial charge in [0.1, 0.15) is 0 Å². The second kappa shape index (κ2) is 5.64. The van der Waals surface area contributed by atoms with E-state index in [-0.39, 0.29) is 24.0 Å². The van der Waals surface area contributed by atoms with Crippen LogP contribution in [0.4, 0.5) is 0 Å². The number of rotatable bonds is 3. The van der Waals surface area contributed by atoms with Crippen LogP contribution in [0.1, 0.15) is 18.1 Å². The van der Waals surface area contributed by atoms with Gasteiger partial charge in [-0.1, -0.05) is 24.3 Å². The largest absolute Gasteiger partial charge is 0.357 e. The molecule has 2 heterocycles. The first-order chi connectivity index (χ1) is 10.6. The molecule has 0 radical (unpaired) electrons. The summed E-state index contributed by atoms with van der Waals surface area (Å²) < 4.78 is 1.67. The number of fused-ring (bicyclic) bond motifs is 1. The number of carbonyl (C=O) groups excluding carboxylic acids is 2. The Morgan fingerprint density at radius 1 is 1.18 bits per heavy atom. The normalized spacial score (nSPS) is 17.6. The van der Waals surface area contributed by atoms with Crippen molar-refractivity contribution in [2.24, 2.45) is 5.92 Å². The van der Waals surface area contributed by atoms with Gasteiger partial charge in [-0.2, -0.15) is 0 Å². The smallest absolute Gasteiger partial charge is 0.232 e. The fourth-order valence-corrected chi connectivity index (χ4v) is 2.82. The summed E-state index contributed by atoms with van der Waals surface area (Å²) >= 11 is 0. The minimum atomic E-state index is -0.164. The lowest BCUT2D eigenvalue weighted by Crippen LogP contribution is -2.22. The molecule has 3 rings (SSSR count). The van der Waals surface area contributed by atoms with E-state index in [1.807, 2.05) is 54.6 Å². The zero-order chi connectivity index (χ0) is 15.7. The highest BCUT2D eigenvalue weighted by Gasteiger charge is 2.23. The number of aromatic nitrogens is 1. The molecule has 0 amide bonds. The van der Waals surface area contributed by atoms with Crippen LogP contribution in [0.15, 0.2) is 60.6 Å². The van der Waals surface area contributed by atoms with Crippen LogP contribution in [0.25, 0.3) is 10.9 Å². The van der Waals surface area contributed by atoms with Crippen LogP contribution in [0.3, 0.4) is 0 Å². The highest BCUT2D eigenvalue weighted by atomic mass is 16.2. The summed E-state index contributed by atoms with van der Waals surface area (Å²) in [5, 5.41) is 1.04. The van der Waals surface area contributed by atoms with Gasteiger partial charge in [0.2, 0.25) is 5.91 Å². The van der Waals surface area contributed by atoms with E-state index in [4.69, 9.17) is 0 Å². The molecule has 0 fully saturated rings. The van der Waals surface area contributed by atoms with Crippen LogP contribution in [0.5, 0.6) is 0 Å². The molecule has 1 aromatic heterocycles. The van der Waals surface area contributed by atoms with Gasteiger partial charge in [-0.05, 0) is 25.3 Å². The van der Waals surface area contributed by atoms with Crippen LogP contribution in [-0.4, -0.2) is 28.2 Å². The Hall–Kier alpha value is -2.62. The second-order valence-corrected chi connectivity index (χ2v) is 5.60. The van der Waals surface area contributed by atoms with Crippen molar-refractivity contribution in [3.63, 3.8) is 0 Å². The van der Waals surface area contributed by atoms with Crippen molar-refractivity contribution < 1.29 is 9.59 Å². The van der Waals surface area contributed by atoms with Crippen LogP contribution in [-0.2, 0) is 4.79 Å². The van der Waals surface area contributed by atoms with Crippen molar-refractivity contribution in [1.82, 2.24) is 9.47 Å². The molecule has 0 spiro atoms. The molecule has 1 aliphatic rings. The summed E-state index contributed by atoms with van der Waals surface area (Å²) in [6.07, 6.45) is 7.68. The number of carbonyl (C=O) groups is 2. The third-order valence-corrected chi connectivity index (χ3v) is 3.96. The van der Waals surface area contributed by atoms with Crippen LogP contribution >= 0.6 is 0 Å². The first kappa shape index (κ1) is 14.3. The summed E-state index contributed by atoms with van der Waals surface area (Å²) in [6.45, 7) is 1.54. The van der Waals surface area contributed by atoms with Gasteiger partial charge in [0.05, 0.1) is 5.52 Å². The number of allylic oxidation sites excluding steroid dienone is 2. The lowest BCUT2D eigenvalue weighted by Gasteiger charge is -2.22. The zero-order valence-corrected chi connectivity index (χ0v) is 12.7. The predicted octanol–water partition coefficient (Wildman–Crippen LogP) is 3.22. The molecule has 1 aromatic carbocycles. The molecule has 1 aliphatic heterocycles. The van der Waals surface area contributed by atoms with Gasteiger partial charge in [0, 0.05) is 42.7 Å².